The summed E-state index contributed by atoms with van der Waals surface area (Å²) in [6.45, 7) is 0.554. The Morgan fingerprint density at radius 1 is 1.18 bits per heavy atom. The van der Waals surface area contributed by atoms with Gasteiger partial charge in [-0.25, -0.2) is 4.84 Å². The Morgan fingerprint density at radius 3 is 2.52 bits per heavy atom. The SMILES string of the molecule is COc1cccc2c1C(=O)c1c(O)c3c(c(O)c1C2=O)C[C@@](O)(C(=O)CO)C[C@@H]3OC1CC(NCl)C(O)C(C)O1. The first-order valence-electron chi connectivity index (χ1n) is 12.6. The summed E-state index contributed by atoms with van der Waals surface area (Å²) in [5.41, 5.74) is -3.68. The molecule has 6 atom stereocenters. The van der Waals surface area contributed by atoms with Crippen LogP contribution in [0.3, 0.4) is 0 Å². The van der Waals surface area contributed by atoms with Crippen LogP contribution in [0.25, 0.3) is 0 Å². The highest BCUT2D eigenvalue weighted by molar-refractivity contribution is 6.31. The van der Waals surface area contributed by atoms with Gasteiger partial charge in [-0.1, -0.05) is 12.1 Å². The van der Waals surface area contributed by atoms with Crippen LogP contribution in [0.2, 0.25) is 0 Å². The van der Waals surface area contributed by atoms with Crippen LogP contribution >= 0.6 is 11.8 Å². The zero-order valence-electron chi connectivity index (χ0n) is 21.5. The number of aliphatic hydroxyl groups is 3. The minimum atomic E-state index is -2.25. The summed E-state index contributed by atoms with van der Waals surface area (Å²) >= 11 is 5.77. The lowest BCUT2D eigenvalue weighted by atomic mass is 9.72. The van der Waals surface area contributed by atoms with Crippen LogP contribution in [-0.4, -0.2) is 86.7 Å². The Morgan fingerprint density at radius 2 is 1.88 bits per heavy atom. The number of fused-ring (bicyclic) bond motifs is 3. The smallest absolute Gasteiger partial charge is 0.202 e. The second-order valence-electron chi connectivity index (χ2n) is 10.2. The zero-order chi connectivity index (χ0) is 29.1. The van der Waals surface area contributed by atoms with Crippen molar-refractivity contribution in [2.75, 3.05) is 13.7 Å². The highest BCUT2D eigenvalue weighted by Gasteiger charge is 2.50. The molecule has 2 aromatic rings. The fraction of sp³-hybridized carbons (Fsp3) is 0.444. The largest absolute Gasteiger partial charge is 0.507 e. The monoisotopic (exact) mass is 577 g/mol. The third-order valence-corrected chi connectivity index (χ3v) is 8.18. The predicted molar refractivity (Wildman–Crippen MR) is 137 cm³/mol. The molecule has 0 radical (unpaired) electrons. The lowest BCUT2D eigenvalue weighted by Crippen LogP contribution is -2.53. The molecular weight excluding hydrogens is 550 g/mol. The fourth-order valence-corrected chi connectivity index (χ4v) is 6.04. The van der Waals surface area contributed by atoms with Crippen molar-refractivity contribution in [2.24, 2.45) is 0 Å². The van der Waals surface area contributed by atoms with E-state index in [0.717, 1.165) is 0 Å². The Bertz CT molecular complexity index is 1410. The van der Waals surface area contributed by atoms with Gasteiger partial charge in [-0.05, 0) is 24.8 Å². The van der Waals surface area contributed by atoms with E-state index in [0.29, 0.717) is 0 Å². The van der Waals surface area contributed by atoms with Crippen molar-refractivity contribution in [3.63, 3.8) is 0 Å². The van der Waals surface area contributed by atoms with E-state index >= 15 is 0 Å². The standard InChI is InChI=1S/C27H28ClNO11/c1-10-22(32)13(29-28)6-17(39-10)40-15-8-27(37,16(31)9-30)7-12-19(15)26(36)21-20(24(12)34)23(33)11-4-3-5-14(38-2)18(11)25(21)35/h3-5,10,13,15,17,22,29-30,32,34,36-37H,6-9H2,1-2H3/t10?,13?,15-,17?,22?,27-/m0/s1. The number of aliphatic hydroxyl groups excluding tert-OH is 2. The van der Waals surface area contributed by atoms with Gasteiger partial charge in [0.1, 0.15) is 29.5 Å². The number of nitrogens with one attached hydrogen (secondary N) is 1. The summed E-state index contributed by atoms with van der Waals surface area (Å²) in [7, 11) is 1.32. The normalized spacial score (nSPS) is 29.4. The Hall–Kier alpha value is -3.10. The molecular formula is C27H28ClNO11. The predicted octanol–water partition coefficient (Wildman–Crippen LogP) is 0.786. The first kappa shape index (κ1) is 28.4. The third kappa shape index (κ3) is 4.27. The first-order valence-corrected chi connectivity index (χ1v) is 12.9. The Kier molecular flexibility index (Phi) is 7.38. The average Bonchev–Trinajstić information content (AvgIpc) is 2.94. The van der Waals surface area contributed by atoms with E-state index in [1.807, 2.05) is 0 Å². The quantitative estimate of drug-likeness (QED) is 0.178. The number of hydrogen-bond donors (Lipinski definition) is 6. The summed E-state index contributed by atoms with van der Waals surface area (Å²) in [5.74, 6) is -3.81. The van der Waals surface area contributed by atoms with Crippen LogP contribution in [0.5, 0.6) is 17.2 Å². The molecule has 0 amide bonds. The molecule has 4 unspecified atom stereocenters. The van der Waals surface area contributed by atoms with Gasteiger partial charge in [0.15, 0.2) is 17.9 Å². The number of carbonyl (C=O) groups excluding carboxylic acids is 3. The molecule has 12 nitrogen and oxygen atoms in total. The second-order valence-corrected chi connectivity index (χ2v) is 10.4. The number of carbonyl (C=O) groups is 3. The summed E-state index contributed by atoms with van der Waals surface area (Å²) < 4.78 is 17.1. The average molecular weight is 578 g/mol. The molecule has 214 valence electrons. The van der Waals surface area contributed by atoms with E-state index in [9.17, 15) is 39.9 Å². The number of ether oxygens (including phenoxy) is 3. The van der Waals surface area contributed by atoms with Crippen molar-refractivity contribution in [1.82, 2.24) is 4.84 Å². The molecule has 13 heteroatoms. The van der Waals surface area contributed by atoms with Gasteiger partial charge < -0.3 is 39.7 Å². The first-order chi connectivity index (χ1) is 19.0. The van der Waals surface area contributed by atoms with Gasteiger partial charge in [-0.2, -0.15) is 0 Å². The third-order valence-electron chi connectivity index (χ3n) is 7.90. The van der Waals surface area contributed by atoms with Crippen molar-refractivity contribution >= 4 is 29.1 Å². The topological polar surface area (TPSA) is 192 Å². The highest BCUT2D eigenvalue weighted by Crippen LogP contribution is 2.52. The molecule has 1 fully saturated rings. The van der Waals surface area contributed by atoms with E-state index in [-0.39, 0.29) is 34.4 Å². The molecule has 5 rings (SSSR count). The summed E-state index contributed by atoms with van der Waals surface area (Å²) in [6, 6.07) is 3.70. The van der Waals surface area contributed by atoms with Crippen LogP contribution in [-0.2, 0) is 20.7 Å². The minimum Gasteiger partial charge on any atom is -0.507 e. The summed E-state index contributed by atoms with van der Waals surface area (Å²) in [4.78, 5) is 42.3. The van der Waals surface area contributed by atoms with Gasteiger partial charge in [0.25, 0.3) is 0 Å². The number of benzene rings is 2. The van der Waals surface area contributed by atoms with Crippen LogP contribution in [0, 0.1) is 0 Å². The van der Waals surface area contributed by atoms with Crippen LogP contribution in [0.1, 0.15) is 68.8 Å². The van der Waals surface area contributed by atoms with Gasteiger partial charge in [-0.3, -0.25) is 14.4 Å². The maximum Gasteiger partial charge on any atom is 0.202 e. The number of aromatic hydroxyl groups is 2. The number of phenolic OH excluding ortho intramolecular Hbond substituents is 2. The van der Waals surface area contributed by atoms with Crippen molar-refractivity contribution in [3.8, 4) is 17.2 Å². The summed E-state index contributed by atoms with van der Waals surface area (Å²) in [6.07, 6.45) is -5.19. The van der Waals surface area contributed by atoms with Crippen molar-refractivity contribution in [1.29, 1.82) is 0 Å². The molecule has 3 aliphatic rings. The maximum absolute atomic E-state index is 13.7. The molecule has 1 aliphatic heterocycles. The van der Waals surface area contributed by atoms with Crippen LogP contribution in [0.15, 0.2) is 18.2 Å². The van der Waals surface area contributed by atoms with Crippen molar-refractivity contribution < 1.29 is 54.1 Å². The maximum atomic E-state index is 13.7. The number of ketones is 3. The molecule has 40 heavy (non-hydrogen) atoms. The molecule has 2 aromatic carbocycles. The van der Waals surface area contributed by atoms with Crippen molar-refractivity contribution in [2.45, 2.75) is 62.4 Å². The van der Waals surface area contributed by atoms with Gasteiger partial charge in [0.05, 0.1) is 48.2 Å². The number of phenols is 2. The van der Waals surface area contributed by atoms with Crippen LogP contribution < -0.4 is 9.57 Å². The zero-order valence-corrected chi connectivity index (χ0v) is 22.3. The molecule has 0 aromatic heterocycles. The number of methoxy groups -OCH3 is 1. The number of rotatable bonds is 6. The van der Waals surface area contributed by atoms with E-state index in [1.165, 1.54) is 25.3 Å². The van der Waals surface area contributed by atoms with Crippen LogP contribution in [0.4, 0.5) is 0 Å². The van der Waals surface area contributed by atoms with E-state index in [4.69, 9.17) is 26.0 Å². The molecule has 1 heterocycles. The van der Waals surface area contributed by atoms with Gasteiger partial charge in [0.2, 0.25) is 5.78 Å². The van der Waals surface area contributed by atoms with Gasteiger partial charge in [0, 0.05) is 36.0 Å². The minimum absolute atomic E-state index is 0.0207. The number of hydrogen-bond acceptors (Lipinski definition) is 12. The van der Waals surface area contributed by atoms with Crippen molar-refractivity contribution in [3.05, 3.63) is 51.6 Å². The number of halogens is 1. The molecule has 0 saturated carbocycles. The van der Waals surface area contributed by atoms with Gasteiger partial charge in [-0.15, -0.1) is 0 Å². The summed E-state index contributed by atoms with van der Waals surface area (Å²) in [5, 5.41) is 54.0. The van der Waals surface area contributed by atoms with E-state index < -0.39 is 95.7 Å². The lowest BCUT2D eigenvalue weighted by Gasteiger charge is -2.42. The second kappa shape index (κ2) is 10.4. The fourth-order valence-electron chi connectivity index (χ4n) is 5.82. The Balaban J connectivity index is 1.68. The Labute approximate surface area is 233 Å². The molecule has 6 N–H and O–H groups in total. The van der Waals surface area contributed by atoms with E-state index in [2.05, 4.69) is 4.84 Å². The van der Waals surface area contributed by atoms with Gasteiger partial charge >= 0.3 is 0 Å². The molecule has 0 bridgehead atoms. The highest BCUT2D eigenvalue weighted by atomic mass is 35.5. The molecule has 2 aliphatic carbocycles. The lowest BCUT2D eigenvalue weighted by molar-refractivity contribution is -0.248. The van der Waals surface area contributed by atoms with E-state index in [1.54, 1.807) is 6.92 Å². The number of Topliss-reactive ketones (excluding diaryl/α,β-unsaturated/α-hetero) is 1. The molecule has 0 spiro atoms. The molecule has 1 saturated heterocycles.